The van der Waals surface area contributed by atoms with Gasteiger partial charge in [0, 0.05) is 7.05 Å². The third kappa shape index (κ3) is 1.46. The first-order valence-corrected chi connectivity index (χ1v) is 4.97. The number of nitrogens with one attached hydrogen (secondary N) is 1. The van der Waals surface area contributed by atoms with Crippen molar-refractivity contribution in [1.29, 1.82) is 0 Å². The fraction of sp³-hybridized carbons (Fsp3) is 0.364. The van der Waals surface area contributed by atoms with E-state index < -0.39 is 0 Å². The lowest BCUT2D eigenvalue weighted by molar-refractivity contribution is -0.119. The molecule has 1 heterocycles. The van der Waals surface area contributed by atoms with Crippen LogP contribution in [0.25, 0.3) is 0 Å². The van der Waals surface area contributed by atoms with Crippen LogP contribution in [0.1, 0.15) is 13.3 Å². The summed E-state index contributed by atoms with van der Waals surface area (Å²) < 4.78 is 13.5. The lowest BCUT2D eigenvalue weighted by Crippen LogP contribution is -2.45. The molecule has 0 aromatic heterocycles. The molecule has 4 heteroatoms. The smallest absolute Gasteiger partial charge is 0.249 e. The predicted molar refractivity (Wildman–Crippen MR) is 57.5 cm³/mol. The highest BCUT2D eigenvalue weighted by Gasteiger charge is 2.30. The minimum absolute atomic E-state index is 0.0180. The fourth-order valence-electron chi connectivity index (χ4n) is 1.80. The lowest BCUT2D eigenvalue weighted by atomic mass is 10.1. The van der Waals surface area contributed by atoms with Crippen LogP contribution in [0.3, 0.4) is 0 Å². The van der Waals surface area contributed by atoms with Crippen molar-refractivity contribution in [2.45, 2.75) is 19.4 Å². The van der Waals surface area contributed by atoms with Crippen LogP contribution in [-0.4, -0.2) is 19.0 Å². The van der Waals surface area contributed by atoms with Gasteiger partial charge < -0.3 is 10.2 Å². The topological polar surface area (TPSA) is 32.3 Å². The highest BCUT2D eigenvalue weighted by Crippen LogP contribution is 2.33. The zero-order valence-electron chi connectivity index (χ0n) is 8.75. The summed E-state index contributed by atoms with van der Waals surface area (Å²) in [5.41, 5.74) is 1.02. The van der Waals surface area contributed by atoms with Gasteiger partial charge in [-0.15, -0.1) is 0 Å². The Morgan fingerprint density at radius 1 is 1.53 bits per heavy atom. The monoisotopic (exact) mass is 208 g/mol. The molecule has 0 radical (unpaired) electrons. The third-order valence-electron chi connectivity index (χ3n) is 2.71. The molecule has 0 bridgehead atoms. The molecule has 2 rings (SSSR count). The van der Waals surface area contributed by atoms with Gasteiger partial charge in [-0.05, 0) is 18.6 Å². The molecule has 1 N–H and O–H groups in total. The van der Waals surface area contributed by atoms with Crippen molar-refractivity contribution in [3.63, 3.8) is 0 Å². The molecule has 80 valence electrons. The van der Waals surface area contributed by atoms with E-state index >= 15 is 0 Å². The molecule has 1 amide bonds. The number of benzene rings is 1. The number of hydrogen-bond acceptors (Lipinski definition) is 2. The number of likely N-dealkylation sites (N-methyl/N-ethyl adjacent to an activating group) is 1. The Labute approximate surface area is 87.9 Å². The van der Waals surface area contributed by atoms with Crippen LogP contribution in [0, 0.1) is 5.82 Å². The number of amides is 1. The second kappa shape index (κ2) is 3.53. The Bertz CT molecular complexity index is 406. The first-order valence-electron chi connectivity index (χ1n) is 4.97. The third-order valence-corrected chi connectivity index (χ3v) is 2.71. The van der Waals surface area contributed by atoms with Crippen LogP contribution in [0.5, 0.6) is 0 Å². The largest absolute Gasteiger partial charge is 0.370 e. The minimum atomic E-state index is -0.320. The molecule has 1 unspecified atom stereocenters. The van der Waals surface area contributed by atoms with Crippen molar-refractivity contribution in [3.05, 3.63) is 24.0 Å². The maximum Gasteiger partial charge on any atom is 0.249 e. The molecule has 1 aromatic rings. The van der Waals surface area contributed by atoms with Gasteiger partial charge in [-0.1, -0.05) is 13.0 Å². The van der Waals surface area contributed by atoms with Gasteiger partial charge in [0.2, 0.25) is 5.91 Å². The number of nitrogens with zero attached hydrogens (tertiary/aromatic N) is 1. The number of fused-ring (bicyclic) bond motifs is 1. The molecule has 1 atom stereocenters. The van der Waals surface area contributed by atoms with E-state index in [1.54, 1.807) is 19.2 Å². The zero-order valence-corrected chi connectivity index (χ0v) is 8.75. The molecular formula is C11H13FN2O. The quantitative estimate of drug-likeness (QED) is 0.765. The van der Waals surface area contributed by atoms with Crippen molar-refractivity contribution < 1.29 is 9.18 Å². The molecular weight excluding hydrogens is 195 g/mol. The number of rotatable bonds is 1. The van der Waals surface area contributed by atoms with Crippen molar-refractivity contribution in [2.75, 3.05) is 17.3 Å². The van der Waals surface area contributed by atoms with E-state index in [0.717, 1.165) is 0 Å². The molecule has 1 aliphatic heterocycles. The van der Waals surface area contributed by atoms with E-state index in [1.807, 2.05) is 6.92 Å². The number of anilines is 2. The van der Waals surface area contributed by atoms with Crippen LogP contribution in [0.2, 0.25) is 0 Å². The maximum atomic E-state index is 13.5. The van der Waals surface area contributed by atoms with Crippen LogP contribution in [0.15, 0.2) is 18.2 Å². The van der Waals surface area contributed by atoms with Crippen molar-refractivity contribution >= 4 is 17.3 Å². The van der Waals surface area contributed by atoms with Gasteiger partial charge in [0.15, 0.2) is 0 Å². The Morgan fingerprint density at radius 2 is 2.27 bits per heavy atom. The number of carbonyl (C=O) groups is 1. The van der Waals surface area contributed by atoms with Crippen LogP contribution < -0.4 is 10.2 Å². The van der Waals surface area contributed by atoms with E-state index in [4.69, 9.17) is 0 Å². The normalized spacial score (nSPS) is 19.8. The van der Waals surface area contributed by atoms with E-state index in [-0.39, 0.29) is 17.8 Å². The van der Waals surface area contributed by atoms with Crippen molar-refractivity contribution in [1.82, 2.24) is 0 Å². The van der Waals surface area contributed by atoms with Gasteiger partial charge in [-0.3, -0.25) is 4.79 Å². The van der Waals surface area contributed by atoms with Crippen LogP contribution in [0.4, 0.5) is 15.8 Å². The van der Waals surface area contributed by atoms with E-state index in [2.05, 4.69) is 5.32 Å². The standard InChI is InChI=1S/C11H13FN2O/c1-3-8-11(15)14(2)9-6-4-5-7(12)10(9)13-8/h4-6,8,13H,3H2,1-2H3. The van der Waals surface area contributed by atoms with E-state index in [0.29, 0.717) is 17.8 Å². The first kappa shape index (κ1) is 9.96. The van der Waals surface area contributed by atoms with Gasteiger partial charge in [-0.2, -0.15) is 0 Å². The average Bonchev–Trinajstić information content (AvgIpc) is 2.24. The van der Waals surface area contributed by atoms with Crippen LogP contribution in [-0.2, 0) is 4.79 Å². The highest BCUT2D eigenvalue weighted by atomic mass is 19.1. The number of hydrogen-bond donors (Lipinski definition) is 1. The molecule has 0 saturated heterocycles. The summed E-state index contributed by atoms with van der Waals surface area (Å²) in [6, 6.07) is 4.41. The lowest BCUT2D eigenvalue weighted by Gasteiger charge is -2.32. The summed E-state index contributed by atoms with van der Waals surface area (Å²) in [4.78, 5) is 13.3. The first-order chi connectivity index (χ1) is 7.15. The van der Waals surface area contributed by atoms with Gasteiger partial charge >= 0.3 is 0 Å². The number of halogens is 1. The average molecular weight is 208 g/mol. The summed E-state index contributed by atoms with van der Waals surface area (Å²) in [6.07, 6.45) is 0.650. The summed E-state index contributed by atoms with van der Waals surface area (Å²) in [5.74, 6) is -0.332. The molecule has 15 heavy (non-hydrogen) atoms. The second-order valence-electron chi connectivity index (χ2n) is 3.64. The highest BCUT2D eigenvalue weighted by molar-refractivity contribution is 6.04. The van der Waals surface area contributed by atoms with E-state index in [1.165, 1.54) is 11.0 Å². The van der Waals surface area contributed by atoms with Crippen molar-refractivity contribution in [3.8, 4) is 0 Å². The van der Waals surface area contributed by atoms with Crippen molar-refractivity contribution in [2.24, 2.45) is 0 Å². The summed E-state index contributed by atoms with van der Waals surface area (Å²) in [7, 11) is 1.67. The number of carbonyl (C=O) groups excluding carboxylic acids is 1. The second-order valence-corrected chi connectivity index (χ2v) is 3.64. The Hall–Kier alpha value is -1.58. The van der Waals surface area contributed by atoms with Crippen LogP contribution >= 0.6 is 0 Å². The Balaban J connectivity index is 2.50. The molecule has 1 aromatic carbocycles. The molecule has 0 spiro atoms. The fourth-order valence-corrected chi connectivity index (χ4v) is 1.80. The maximum absolute atomic E-state index is 13.5. The van der Waals surface area contributed by atoms with Gasteiger partial charge in [0.25, 0.3) is 0 Å². The predicted octanol–water partition coefficient (Wildman–Crippen LogP) is 1.99. The SMILES string of the molecule is CCC1Nc2c(F)cccc2N(C)C1=O. The Morgan fingerprint density at radius 3 is 2.93 bits per heavy atom. The van der Waals surface area contributed by atoms with E-state index in [9.17, 15) is 9.18 Å². The molecule has 0 aliphatic carbocycles. The Kier molecular flexibility index (Phi) is 2.34. The minimum Gasteiger partial charge on any atom is -0.370 e. The van der Waals surface area contributed by atoms with Gasteiger partial charge in [-0.25, -0.2) is 4.39 Å². The summed E-state index contributed by atoms with van der Waals surface area (Å²) >= 11 is 0. The molecule has 0 fully saturated rings. The zero-order chi connectivity index (χ0) is 11.0. The number of para-hydroxylation sites is 1. The van der Waals surface area contributed by atoms with Gasteiger partial charge in [0.05, 0.1) is 11.4 Å². The molecule has 1 aliphatic rings. The molecule has 0 saturated carbocycles. The molecule has 3 nitrogen and oxygen atoms in total. The summed E-state index contributed by atoms with van der Waals surface area (Å²) in [5, 5.41) is 2.93. The van der Waals surface area contributed by atoms with Gasteiger partial charge in [0.1, 0.15) is 11.9 Å². The summed E-state index contributed by atoms with van der Waals surface area (Å²) in [6.45, 7) is 1.90.